The van der Waals surface area contributed by atoms with Crippen molar-refractivity contribution in [2.75, 3.05) is 6.54 Å². The molecule has 0 heterocycles. The maximum Gasteiger partial charge on any atom is 0.126 e. The molecule has 2 N–H and O–H groups in total. The lowest BCUT2D eigenvalue weighted by atomic mass is 9.71. The van der Waals surface area contributed by atoms with Gasteiger partial charge < -0.3 is 5.73 Å². The maximum atomic E-state index is 14.0. The Labute approximate surface area is 103 Å². The van der Waals surface area contributed by atoms with Crippen LogP contribution in [0.15, 0.2) is 18.2 Å². The number of halogens is 1. The molecule has 0 aromatic heterocycles. The van der Waals surface area contributed by atoms with E-state index in [0.717, 1.165) is 24.0 Å². The van der Waals surface area contributed by atoms with Crippen LogP contribution in [-0.2, 0) is 0 Å². The fraction of sp³-hybridized carbons (Fsp3) is 0.600. The molecule has 3 atom stereocenters. The smallest absolute Gasteiger partial charge is 0.126 e. The van der Waals surface area contributed by atoms with Gasteiger partial charge in [-0.25, -0.2) is 4.39 Å². The van der Waals surface area contributed by atoms with Gasteiger partial charge in [-0.2, -0.15) is 0 Å². The van der Waals surface area contributed by atoms with Gasteiger partial charge in [-0.3, -0.25) is 0 Å². The van der Waals surface area contributed by atoms with Gasteiger partial charge >= 0.3 is 0 Å². The summed E-state index contributed by atoms with van der Waals surface area (Å²) < 4.78 is 14.0. The predicted octanol–water partition coefficient (Wildman–Crippen LogP) is 3.61. The first-order chi connectivity index (χ1) is 8.11. The lowest BCUT2D eigenvalue weighted by Gasteiger charge is -2.34. The topological polar surface area (TPSA) is 26.0 Å². The van der Waals surface area contributed by atoms with Crippen LogP contribution in [0.5, 0.6) is 0 Å². The zero-order valence-corrected chi connectivity index (χ0v) is 10.7. The summed E-state index contributed by atoms with van der Waals surface area (Å²) >= 11 is 0. The number of nitrogens with two attached hydrogens (primary N) is 1. The van der Waals surface area contributed by atoms with Crippen molar-refractivity contribution in [1.82, 2.24) is 0 Å². The Morgan fingerprint density at radius 3 is 2.82 bits per heavy atom. The lowest BCUT2D eigenvalue weighted by Crippen LogP contribution is -2.28. The first-order valence-corrected chi connectivity index (χ1v) is 6.58. The van der Waals surface area contributed by atoms with Gasteiger partial charge in [0.1, 0.15) is 5.82 Å². The average molecular weight is 235 g/mol. The van der Waals surface area contributed by atoms with Crippen molar-refractivity contribution in [3.63, 3.8) is 0 Å². The third kappa shape index (κ3) is 2.68. The van der Waals surface area contributed by atoms with E-state index >= 15 is 0 Å². The summed E-state index contributed by atoms with van der Waals surface area (Å²) in [5.41, 5.74) is 7.86. The van der Waals surface area contributed by atoms with Crippen molar-refractivity contribution in [3.05, 3.63) is 35.1 Å². The van der Waals surface area contributed by atoms with Crippen LogP contribution in [0.25, 0.3) is 0 Å². The number of aryl methyl sites for hydroxylation is 1. The molecule has 94 valence electrons. The second-order valence-electron chi connectivity index (χ2n) is 5.55. The molecule has 2 rings (SSSR count). The standard InChI is InChI=1S/C15H22FN/c1-10-3-5-12(9-17)13(7-10)14-8-11(2)4-6-15(14)16/h4,6,8,10,12-13H,3,5,7,9,17H2,1-2H3. The van der Waals surface area contributed by atoms with Crippen LogP contribution in [0.2, 0.25) is 0 Å². The van der Waals surface area contributed by atoms with Gasteiger partial charge in [0.05, 0.1) is 0 Å². The zero-order valence-electron chi connectivity index (χ0n) is 10.7. The number of benzene rings is 1. The molecule has 1 saturated carbocycles. The summed E-state index contributed by atoms with van der Waals surface area (Å²) in [6, 6.07) is 5.43. The van der Waals surface area contributed by atoms with Gasteiger partial charge in [0.15, 0.2) is 0 Å². The summed E-state index contributed by atoms with van der Waals surface area (Å²) in [7, 11) is 0. The number of rotatable bonds is 2. The van der Waals surface area contributed by atoms with Crippen LogP contribution in [0.4, 0.5) is 4.39 Å². The molecule has 1 aliphatic carbocycles. The van der Waals surface area contributed by atoms with E-state index in [9.17, 15) is 4.39 Å². The van der Waals surface area contributed by atoms with E-state index in [1.165, 1.54) is 6.42 Å². The lowest BCUT2D eigenvalue weighted by molar-refractivity contribution is 0.249. The number of hydrogen-bond acceptors (Lipinski definition) is 1. The minimum absolute atomic E-state index is 0.0619. The molecule has 0 radical (unpaired) electrons. The summed E-state index contributed by atoms with van der Waals surface area (Å²) in [5, 5.41) is 0. The van der Waals surface area contributed by atoms with Crippen molar-refractivity contribution >= 4 is 0 Å². The molecular weight excluding hydrogens is 213 g/mol. The molecule has 1 fully saturated rings. The normalized spacial score (nSPS) is 29.3. The molecule has 2 heteroatoms. The third-order valence-corrected chi connectivity index (χ3v) is 4.11. The first kappa shape index (κ1) is 12.6. The predicted molar refractivity (Wildman–Crippen MR) is 69.4 cm³/mol. The Bertz CT molecular complexity index is 389. The van der Waals surface area contributed by atoms with Gasteiger partial charge in [0.2, 0.25) is 0 Å². The van der Waals surface area contributed by atoms with E-state index in [4.69, 9.17) is 5.73 Å². The molecule has 3 unspecified atom stereocenters. The van der Waals surface area contributed by atoms with Gasteiger partial charge in [-0.15, -0.1) is 0 Å². The summed E-state index contributed by atoms with van der Waals surface area (Å²) in [5.74, 6) is 1.38. The quantitative estimate of drug-likeness (QED) is 0.832. The van der Waals surface area contributed by atoms with E-state index in [1.54, 1.807) is 6.07 Å². The monoisotopic (exact) mass is 235 g/mol. The van der Waals surface area contributed by atoms with E-state index in [0.29, 0.717) is 24.3 Å². The van der Waals surface area contributed by atoms with Crippen LogP contribution in [0.1, 0.15) is 43.2 Å². The Kier molecular flexibility index (Phi) is 3.82. The molecule has 1 aliphatic rings. The highest BCUT2D eigenvalue weighted by atomic mass is 19.1. The molecule has 1 aromatic rings. The molecule has 0 aliphatic heterocycles. The molecule has 0 saturated heterocycles. The van der Waals surface area contributed by atoms with Crippen LogP contribution >= 0.6 is 0 Å². The van der Waals surface area contributed by atoms with Crippen molar-refractivity contribution in [3.8, 4) is 0 Å². The second kappa shape index (κ2) is 5.18. The van der Waals surface area contributed by atoms with Crippen LogP contribution in [0.3, 0.4) is 0 Å². The van der Waals surface area contributed by atoms with E-state index in [-0.39, 0.29) is 5.82 Å². The largest absolute Gasteiger partial charge is 0.330 e. The van der Waals surface area contributed by atoms with Crippen molar-refractivity contribution in [2.24, 2.45) is 17.6 Å². The van der Waals surface area contributed by atoms with Crippen LogP contribution in [0, 0.1) is 24.6 Å². The van der Waals surface area contributed by atoms with E-state index in [2.05, 4.69) is 6.92 Å². The van der Waals surface area contributed by atoms with Crippen LogP contribution < -0.4 is 5.73 Å². The average Bonchev–Trinajstić information content (AvgIpc) is 2.32. The van der Waals surface area contributed by atoms with Crippen molar-refractivity contribution in [1.29, 1.82) is 0 Å². The highest BCUT2D eigenvalue weighted by molar-refractivity contribution is 5.28. The number of hydrogen-bond donors (Lipinski definition) is 1. The molecule has 17 heavy (non-hydrogen) atoms. The third-order valence-electron chi connectivity index (χ3n) is 4.11. The van der Waals surface area contributed by atoms with Gasteiger partial charge in [0, 0.05) is 0 Å². The second-order valence-corrected chi connectivity index (χ2v) is 5.55. The molecule has 0 bridgehead atoms. The van der Waals surface area contributed by atoms with Crippen molar-refractivity contribution < 1.29 is 4.39 Å². The highest BCUT2D eigenvalue weighted by Crippen LogP contribution is 2.41. The first-order valence-electron chi connectivity index (χ1n) is 6.58. The van der Waals surface area contributed by atoms with Crippen LogP contribution in [-0.4, -0.2) is 6.54 Å². The maximum absolute atomic E-state index is 14.0. The van der Waals surface area contributed by atoms with Gasteiger partial charge in [-0.1, -0.05) is 31.0 Å². The molecule has 1 nitrogen and oxygen atoms in total. The van der Waals surface area contributed by atoms with E-state index in [1.807, 2.05) is 19.1 Å². The van der Waals surface area contributed by atoms with E-state index < -0.39 is 0 Å². The Morgan fingerprint density at radius 2 is 2.12 bits per heavy atom. The van der Waals surface area contributed by atoms with Crippen molar-refractivity contribution in [2.45, 2.75) is 39.0 Å². The summed E-state index contributed by atoms with van der Waals surface area (Å²) in [6.45, 7) is 4.95. The fourth-order valence-electron chi connectivity index (χ4n) is 3.05. The summed E-state index contributed by atoms with van der Waals surface area (Å²) in [6.07, 6.45) is 3.43. The Balaban J connectivity index is 2.31. The SMILES string of the molecule is Cc1ccc(F)c(C2CC(C)CCC2CN)c1. The van der Waals surface area contributed by atoms with Gasteiger partial charge in [0.25, 0.3) is 0 Å². The minimum Gasteiger partial charge on any atom is -0.330 e. The molecule has 0 amide bonds. The fourth-order valence-corrected chi connectivity index (χ4v) is 3.05. The zero-order chi connectivity index (χ0) is 12.4. The molecular formula is C15H22FN. The van der Waals surface area contributed by atoms with Gasteiger partial charge in [-0.05, 0) is 55.7 Å². The molecule has 1 aromatic carbocycles. The summed E-state index contributed by atoms with van der Waals surface area (Å²) in [4.78, 5) is 0. The molecule has 0 spiro atoms. The highest BCUT2D eigenvalue weighted by Gasteiger charge is 2.30. The Hall–Kier alpha value is -0.890. The Morgan fingerprint density at radius 1 is 1.35 bits per heavy atom. The minimum atomic E-state index is -0.0619.